The van der Waals surface area contributed by atoms with Gasteiger partial charge in [0.05, 0.1) is 22.7 Å². The summed E-state index contributed by atoms with van der Waals surface area (Å²) in [6.45, 7) is 8.40. The fourth-order valence-corrected chi connectivity index (χ4v) is 4.00. The maximum atomic E-state index is 12.8. The summed E-state index contributed by atoms with van der Waals surface area (Å²) in [5.74, 6) is 0.619. The Hall–Kier alpha value is -3.86. The minimum absolute atomic E-state index is 0.112. The molecular formula is C25H27N5O3. The molecule has 8 heteroatoms. The molecule has 3 aromatic rings. The summed E-state index contributed by atoms with van der Waals surface area (Å²) in [6.07, 6.45) is 0.335. The number of imidazole rings is 1. The second-order valence-corrected chi connectivity index (χ2v) is 9.24. The van der Waals surface area contributed by atoms with Gasteiger partial charge in [-0.2, -0.15) is 5.26 Å². The van der Waals surface area contributed by atoms with E-state index in [4.69, 9.17) is 10.00 Å². The zero-order valence-corrected chi connectivity index (χ0v) is 19.3. The van der Waals surface area contributed by atoms with Crippen molar-refractivity contribution in [2.75, 3.05) is 13.1 Å². The first-order valence-electron chi connectivity index (χ1n) is 10.9. The van der Waals surface area contributed by atoms with Gasteiger partial charge in [-0.3, -0.25) is 9.36 Å². The molecule has 0 radical (unpaired) electrons. The lowest BCUT2D eigenvalue weighted by atomic mass is 10.1. The molecule has 4 rings (SSSR count). The number of hydrogen-bond acceptors (Lipinski definition) is 5. The Morgan fingerprint density at radius 3 is 2.58 bits per heavy atom. The first-order valence-corrected chi connectivity index (χ1v) is 10.9. The van der Waals surface area contributed by atoms with Crippen molar-refractivity contribution >= 4 is 23.0 Å². The predicted molar refractivity (Wildman–Crippen MR) is 124 cm³/mol. The topological polar surface area (TPSA) is 100 Å². The quantitative estimate of drug-likeness (QED) is 0.658. The third-order valence-corrected chi connectivity index (χ3v) is 5.51. The van der Waals surface area contributed by atoms with E-state index in [1.165, 1.54) is 0 Å². The molecule has 1 N–H and O–H groups in total. The molecule has 0 unspecified atom stereocenters. The van der Waals surface area contributed by atoms with Crippen molar-refractivity contribution in [2.45, 2.75) is 45.8 Å². The molecule has 33 heavy (non-hydrogen) atoms. The number of rotatable bonds is 3. The van der Waals surface area contributed by atoms with Crippen LogP contribution >= 0.6 is 0 Å². The summed E-state index contributed by atoms with van der Waals surface area (Å²) in [4.78, 5) is 31.2. The largest absolute Gasteiger partial charge is 0.444 e. The van der Waals surface area contributed by atoms with Crippen molar-refractivity contribution in [3.8, 4) is 11.8 Å². The lowest BCUT2D eigenvalue weighted by molar-refractivity contribution is 0.0290. The van der Waals surface area contributed by atoms with Gasteiger partial charge < -0.3 is 15.0 Å². The monoisotopic (exact) mass is 445 g/mol. The Kier molecular flexibility index (Phi) is 5.81. The van der Waals surface area contributed by atoms with E-state index in [0.29, 0.717) is 30.6 Å². The molecule has 1 aliphatic heterocycles. The molecule has 170 valence electrons. The lowest BCUT2D eigenvalue weighted by Gasteiger charge is -2.24. The third-order valence-electron chi connectivity index (χ3n) is 5.51. The molecular weight excluding hydrogens is 418 g/mol. The van der Waals surface area contributed by atoms with Gasteiger partial charge in [-0.05, 0) is 76.6 Å². The van der Waals surface area contributed by atoms with Gasteiger partial charge >= 0.3 is 6.09 Å². The molecule has 0 saturated carbocycles. The number of ether oxygens (including phenoxy) is 1. The summed E-state index contributed by atoms with van der Waals surface area (Å²) < 4.78 is 7.41. The number of nitrogens with one attached hydrogen (secondary N) is 1. The van der Waals surface area contributed by atoms with Crippen molar-refractivity contribution in [3.63, 3.8) is 0 Å². The van der Waals surface area contributed by atoms with Gasteiger partial charge in [0.15, 0.2) is 0 Å². The van der Waals surface area contributed by atoms with Crippen LogP contribution in [0, 0.1) is 18.3 Å². The van der Waals surface area contributed by atoms with Gasteiger partial charge in [-0.1, -0.05) is 0 Å². The third kappa shape index (κ3) is 4.82. The Labute approximate surface area is 192 Å². The zero-order chi connectivity index (χ0) is 23.8. The number of amides is 2. The Bertz CT molecular complexity index is 1250. The standard InChI is InChI=1S/C25H27N5O3/c1-16-27-21-13-17(14-26)5-10-22(21)30(16)20-8-6-18(7-9-20)23(31)28-19-11-12-29(15-19)24(32)33-25(2,3)4/h5-10,13,19H,11-12,15H2,1-4H3,(H,28,31)/t19-/m1/s1. The van der Waals surface area contributed by atoms with E-state index < -0.39 is 5.60 Å². The van der Waals surface area contributed by atoms with Crippen molar-refractivity contribution in [3.05, 3.63) is 59.4 Å². The number of likely N-dealkylation sites (tertiary alicyclic amines) is 1. The van der Waals surface area contributed by atoms with Gasteiger partial charge in [-0.25, -0.2) is 9.78 Å². The van der Waals surface area contributed by atoms with Crippen LogP contribution in [0.4, 0.5) is 4.79 Å². The average molecular weight is 446 g/mol. The molecule has 2 aromatic carbocycles. The van der Waals surface area contributed by atoms with Gasteiger partial charge in [0.25, 0.3) is 5.91 Å². The second-order valence-electron chi connectivity index (χ2n) is 9.24. The van der Waals surface area contributed by atoms with E-state index in [1.807, 2.05) is 50.5 Å². The molecule has 1 aliphatic rings. The van der Waals surface area contributed by atoms with E-state index in [0.717, 1.165) is 22.5 Å². The first-order chi connectivity index (χ1) is 15.6. The summed E-state index contributed by atoms with van der Waals surface area (Å²) in [5, 5.41) is 12.1. The van der Waals surface area contributed by atoms with Crippen LogP contribution in [0.3, 0.4) is 0 Å². The molecule has 1 fully saturated rings. The maximum absolute atomic E-state index is 12.8. The van der Waals surface area contributed by atoms with Crippen LogP contribution in [0.1, 0.15) is 48.9 Å². The Morgan fingerprint density at radius 1 is 1.18 bits per heavy atom. The highest BCUT2D eigenvalue weighted by atomic mass is 16.6. The summed E-state index contributed by atoms with van der Waals surface area (Å²) in [5.41, 5.74) is 3.10. The first kappa shape index (κ1) is 22.3. The number of aryl methyl sites for hydroxylation is 1. The second kappa shape index (κ2) is 8.58. The number of aromatic nitrogens is 2. The molecule has 1 saturated heterocycles. The number of hydrogen-bond donors (Lipinski definition) is 1. The number of carbonyl (C=O) groups excluding carboxylic acids is 2. The fourth-order valence-electron chi connectivity index (χ4n) is 4.00. The highest BCUT2D eigenvalue weighted by molar-refractivity contribution is 5.94. The highest BCUT2D eigenvalue weighted by Crippen LogP contribution is 2.23. The van der Waals surface area contributed by atoms with Gasteiger partial charge in [0.2, 0.25) is 0 Å². The van der Waals surface area contributed by atoms with Crippen LogP contribution in [0.15, 0.2) is 42.5 Å². The Morgan fingerprint density at radius 2 is 1.91 bits per heavy atom. The van der Waals surface area contributed by atoms with Crippen LogP contribution in [0.25, 0.3) is 16.7 Å². The zero-order valence-electron chi connectivity index (χ0n) is 19.3. The highest BCUT2D eigenvalue weighted by Gasteiger charge is 2.30. The molecule has 1 atom stereocenters. The van der Waals surface area contributed by atoms with Crippen LogP contribution in [0.5, 0.6) is 0 Å². The van der Waals surface area contributed by atoms with Gasteiger partial charge in [0.1, 0.15) is 11.4 Å². The minimum Gasteiger partial charge on any atom is -0.444 e. The fraction of sp³-hybridized carbons (Fsp3) is 0.360. The molecule has 0 spiro atoms. The number of benzene rings is 2. The van der Waals surface area contributed by atoms with E-state index >= 15 is 0 Å². The SMILES string of the molecule is Cc1nc2cc(C#N)ccc2n1-c1ccc(C(=O)N[C@@H]2CCN(C(=O)OC(C)(C)C)C2)cc1. The van der Waals surface area contributed by atoms with Crippen molar-refractivity contribution < 1.29 is 14.3 Å². The summed E-state index contributed by atoms with van der Waals surface area (Å²) in [7, 11) is 0. The van der Waals surface area contributed by atoms with Crippen LogP contribution < -0.4 is 5.32 Å². The molecule has 8 nitrogen and oxygen atoms in total. The Balaban J connectivity index is 1.44. The number of fused-ring (bicyclic) bond motifs is 1. The van der Waals surface area contributed by atoms with Gasteiger partial charge in [-0.15, -0.1) is 0 Å². The van der Waals surface area contributed by atoms with Crippen molar-refractivity contribution in [1.82, 2.24) is 19.8 Å². The lowest BCUT2D eigenvalue weighted by Crippen LogP contribution is -2.40. The summed E-state index contributed by atoms with van der Waals surface area (Å²) >= 11 is 0. The van der Waals surface area contributed by atoms with Crippen LogP contribution in [-0.4, -0.2) is 51.2 Å². The predicted octanol–water partition coefficient (Wildman–Crippen LogP) is 3.94. The number of carbonyl (C=O) groups is 2. The number of nitriles is 1. The van der Waals surface area contributed by atoms with E-state index in [-0.39, 0.29) is 18.0 Å². The average Bonchev–Trinajstić information content (AvgIpc) is 3.35. The van der Waals surface area contributed by atoms with E-state index in [9.17, 15) is 9.59 Å². The molecule has 2 amide bonds. The van der Waals surface area contributed by atoms with Crippen LogP contribution in [0.2, 0.25) is 0 Å². The van der Waals surface area contributed by atoms with Crippen molar-refractivity contribution in [2.24, 2.45) is 0 Å². The van der Waals surface area contributed by atoms with Crippen LogP contribution in [-0.2, 0) is 4.74 Å². The molecule has 0 aliphatic carbocycles. The molecule has 2 heterocycles. The minimum atomic E-state index is -0.545. The van der Waals surface area contributed by atoms with Crippen molar-refractivity contribution in [1.29, 1.82) is 5.26 Å². The maximum Gasteiger partial charge on any atom is 0.410 e. The summed E-state index contributed by atoms with van der Waals surface area (Å²) in [6, 6.07) is 14.7. The molecule has 0 bridgehead atoms. The smallest absolute Gasteiger partial charge is 0.410 e. The van der Waals surface area contributed by atoms with E-state index in [1.54, 1.807) is 29.2 Å². The van der Waals surface area contributed by atoms with Gasteiger partial charge in [0, 0.05) is 30.4 Å². The molecule has 1 aromatic heterocycles. The number of nitrogens with zero attached hydrogens (tertiary/aromatic N) is 4. The van der Waals surface area contributed by atoms with E-state index in [2.05, 4.69) is 16.4 Å². The normalized spacial score (nSPS) is 16.0.